The van der Waals surface area contributed by atoms with Crippen molar-refractivity contribution in [2.45, 2.75) is 12.6 Å². The van der Waals surface area contributed by atoms with Crippen molar-refractivity contribution in [3.63, 3.8) is 0 Å². The molecule has 0 spiro atoms. The maximum atomic E-state index is 12.4. The predicted octanol–water partition coefficient (Wildman–Crippen LogP) is 1.76. The highest BCUT2D eigenvalue weighted by Gasteiger charge is 2.29. The number of hydrogen-bond acceptors (Lipinski definition) is 3. The van der Waals surface area contributed by atoms with Crippen LogP contribution in [0.5, 0.6) is 0 Å². The van der Waals surface area contributed by atoms with E-state index in [0.29, 0.717) is 12.0 Å². The SMILES string of the molecule is O=C(NCCc1ccc(C(F)(F)F)cc1)c1ccc(=O)[nH]n1. The minimum atomic E-state index is -4.36. The number of carbonyl (C=O) groups is 1. The first-order valence-electron chi connectivity index (χ1n) is 6.36. The molecular formula is C14H12F3N3O2. The van der Waals surface area contributed by atoms with Crippen LogP contribution >= 0.6 is 0 Å². The standard InChI is InChI=1S/C14H12F3N3O2/c15-14(16,17)10-3-1-9(2-4-10)7-8-18-13(22)11-5-6-12(21)20-19-11/h1-6H,7-8H2,(H,18,22)(H,20,21). The number of amides is 1. The average molecular weight is 311 g/mol. The lowest BCUT2D eigenvalue weighted by Crippen LogP contribution is -2.27. The lowest BCUT2D eigenvalue weighted by atomic mass is 10.1. The summed E-state index contributed by atoms with van der Waals surface area (Å²) in [6.07, 6.45) is -3.98. The number of rotatable bonds is 4. The van der Waals surface area contributed by atoms with Gasteiger partial charge in [-0.05, 0) is 30.2 Å². The van der Waals surface area contributed by atoms with Crippen LogP contribution < -0.4 is 10.9 Å². The first-order chi connectivity index (χ1) is 10.4. The number of hydrogen-bond donors (Lipinski definition) is 2. The number of H-pyrrole nitrogens is 1. The van der Waals surface area contributed by atoms with Crippen LogP contribution in [-0.2, 0) is 12.6 Å². The molecule has 5 nitrogen and oxygen atoms in total. The summed E-state index contributed by atoms with van der Waals surface area (Å²) >= 11 is 0. The van der Waals surface area contributed by atoms with E-state index in [2.05, 4.69) is 15.5 Å². The highest BCUT2D eigenvalue weighted by Crippen LogP contribution is 2.29. The maximum Gasteiger partial charge on any atom is 0.416 e. The number of aromatic nitrogens is 2. The quantitative estimate of drug-likeness (QED) is 0.903. The van der Waals surface area contributed by atoms with Gasteiger partial charge in [0.15, 0.2) is 0 Å². The van der Waals surface area contributed by atoms with E-state index in [-0.39, 0.29) is 12.2 Å². The Morgan fingerprint density at radius 1 is 1.14 bits per heavy atom. The second-order valence-corrected chi connectivity index (χ2v) is 4.51. The molecule has 0 saturated carbocycles. The fourth-order valence-electron chi connectivity index (χ4n) is 1.74. The van der Waals surface area contributed by atoms with Gasteiger partial charge in [-0.15, -0.1) is 0 Å². The third kappa shape index (κ3) is 4.18. The van der Waals surface area contributed by atoms with Crippen LogP contribution in [-0.4, -0.2) is 22.6 Å². The van der Waals surface area contributed by atoms with Gasteiger partial charge in [-0.3, -0.25) is 9.59 Å². The largest absolute Gasteiger partial charge is 0.416 e. The van der Waals surface area contributed by atoms with Crippen molar-refractivity contribution in [1.29, 1.82) is 0 Å². The molecule has 0 atom stereocenters. The maximum absolute atomic E-state index is 12.4. The fourth-order valence-corrected chi connectivity index (χ4v) is 1.74. The van der Waals surface area contributed by atoms with E-state index in [1.54, 1.807) is 0 Å². The van der Waals surface area contributed by atoms with Crippen molar-refractivity contribution >= 4 is 5.91 Å². The molecule has 1 amide bonds. The van der Waals surface area contributed by atoms with Gasteiger partial charge >= 0.3 is 6.18 Å². The molecule has 8 heteroatoms. The van der Waals surface area contributed by atoms with Crippen molar-refractivity contribution in [2.24, 2.45) is 0 Å². The minimum absolute atomic E-state index is 0.0621. The zero-order valence-corrected chi connectivity index (χ0v) is 11.3. The summed E-state index contributed by atoms with van der Waals surface area (Å²) in [5.74, 6) is -0.469. The smallest absolute Gasteiger partial charge is 0.350 e. The zero-order chi connectivity index (χ0) is 16.2. The summed E-state index contributed by atoms with van der Waals surface area (Å²) in [6.45, 7) is 0.241. The van der Waals surface area contributed by atoms with Crippen molar-refractivity contribution in [3.05, 3.63) is 63.6 Å². The van der Waals surface area contributed by atoms with Gasteiger partial charge in [0, 0.05) is 12.6 Å². The van der Waals surface area contributed by atoms with E-state index in [9.17, 15) is 22.8 Å². The normalized spacial score (nSPS) is 11.2. The van der Waals surface area contributed by atoms with Crippen LogP contribution in [0.4, 0.5) is 13.2 Å². The van der Waals surface area contributed by atoms with Crippen LogP contribution in [0.1, 0.15) is 21.6 Å². The van der Waals surface area contributed by atoms with Crippen molar-refractivity contribution in [2.75, 3.05) is 6.54 Å². The molecule has 1 aromatic heterocycles. The summed E-state index contributed by atoms with van der Waals surface area (Å²) in [4.78, 5) is 22.5. The Hall–Kier alpha value is -2.64. The van der Waals surface area contributed by atoms with E-state index >= 15 is 0 Å². The summed E-state index contributed by atoms with van der Waals surface area (Å²) in [6, 6.07) is 7.20. The number of carbonyl (C=O) groups excluding carboxylic acids is 1. The Morgan fingerprint density at radius 3 is 2.36 bits per heavy atom. The molecule has 0 aliphatic heterocycles. The molecule has 1 heterocycles. The summed E-state index contributed by atoms with van der Waals surface area (Å²) in [5, 5.41) is 8.27. The van der Waals surface area contributed by atoms with E-state index < -0.39 is 23.2 Å². The lowest BCUT2D eigenvalue weighted by Gasteiger charge is -2.08. The van der Waals surface area contributed by atoms with Crippen LogP contribution in [0, 0.1) is 0 Å². The van der Waals surface area contributed by atoms with Gasteiger partial charge in [-0.25, -0.2) is 5.10 Å². The zero-order valence-electron chi connectivity index (χ0n) is 11.3. The van der Waals surface area contributed by atoms with E-state index in [1.807, 2.05) is 0 Å². The van der Waals surface area contributed by atoms with Gasteiger partial charge in [-0.2, -0.15) is 18.3 Å². The van der Waals surface area contributed by atoms with E-state index in [4.69, 9.17) is 0 Å². The van der Waals surface area contributed by atoms with Crippen molar-refractivity contribution in [1.82, 2.24) is 15.5 Å². The van der Waals surface area contributed by atoms with Gasteiger partial charge in [-0.1, -0.05) is 12.1 Å². The van der Waals surface area contributed by atoms with Crippen LogP contribution in [0.2, 0.25) is 0 Å². The van der Waals surface area contributed by atoms with Gasteiger partial charge in [0.2, 0.25) is 0 Å². The first kappa shape index (κ1) is 15.7. The number of halogens is 3. The second-order valence-electron chi connectivity index (χ2n) is 4.51. The molecule has 22 heavy (non-hydrogen) atoms. The van der Waals surface area contributed by atoms with Crippen LogP contribution in [0.3, 0.4) is 0 Å². The Balaban J connectivity index is 1.87. The fraction of sp³-hybridized carbons (Fsp3) is 0.214. The third-order valence-electron chi connectivity index (χ3n) is 2.89. The molecule has 0 aliphatic rings. The molecule has 2 aromatic rings. The number of aromatic amines is 1. The topological polar surface area (TPSA) is 74.8 Å². The lowest BCUT2D eigenvalue weighted by molar-refractivity contribution is -0.137. The van der Waals surface area contributed by atoms with Gasteiger partial charge in [0.25, 0.3) is 11.5 Å². The second kappa shape index (κ2) is 6.42. The number of nitrogens with zero attached hydrogens (tertiary/aromatic N) is 1. The molecular weight excluding hydrogens is 299 g/mol. The molecule has 0 fully saturated rings. The minimum Gasteiger partial charge on any atom is -0.350 e. The third-order valence-corrected chi connectivity index (χ3v) is 2.89. The summed E-state index contributed by atoms with van der Waals surface area (Å²) in [5.41, 5.74) is -0.395. The molecule has 0 aliphatic carbocycles. The van der Waals surface area contributed by atoms with Crippen molar-refractivity contribution < 1.29 is 18.0 Å². The molecule has 0 unspecified atom stereocenters. The molecule has 0 bridgehead atoms. The molecule has 0 radical (unpaired) electrons. The molecule has 1 aromatic carbocycles. The van der Waals surface area contributed by atoms with E-state index in [1.165, 1.54) is 24.3 Å². The number of nitrogens with one attached hydrogen (secondary N) is 2. The van der Waals surface area contributed by atoms with Gasteiger partial charge in [0.1, 0.15) is 5.69 Å². The highest BCUT2D eigenvalue weighted by molar-refractivity contribution is 5.91. The Labute approximate surface area is 123 Å². The van der Waals surface area contributed by atoms with E-state index in [0.717, 1.165) is 12.1 Å². The van der Waals surface area contributed by atoms with Gasteiger partial charge < -0.3 is 5.32 Å². The average Bonchev–Trinajstić information content (AvgIpc) is 2.47. The first-order valence-corrected chi connectivity index (χ1v) is 6.36. The Kier molecular flexibility index (Phi) is 4.59. The molecule has 0 saturated heterocycles. The Morgan fingerprint density at radius 2 is 1.82 bits per heavy atom. The van der Waals surface area contributed by atoms with Crippen molar-refractivity contribution in [3.8, 4) is 0 Å². The summed E-state index contributed by atoms with van der Waals surface area (Å²) in [7, 11) is 0. The summed E-state index contributed by atoms with van der Waals surface area (Å²) < 4.78 is 37.2. The predicted molar refractivity (Wildman–Crippen MR) is 72.3 cm³/mol. The molecule has 2 N–H and O–H groups in total. The molecule has 116 valence electrons. The van der Waals surface area contributed by atoms with Crippen LogP contribution in [0.15, 0.2) is 41.2 Å². The molecule has 2 rings (SSSR count). The monoisotopic (exact) mass is 311 g/mol. The Bertz CT molecular complexity index is 688. The highest BCUT2D eigenvalue weighted by atomic mass is 19.4. The van der Waals surface area contributed by atoms with Gasteiger partial charge in [0.05, 0.1) is 5.56 Å². The van der Waals surface area contributed by atoms with Crippen LogP contribution in [0.25, 0.3) is 0 Å². The number of alkyl halides is 3. The number of benzene rings is 1.